The molecule has 0 radical (unpaired) electrons. The van der Waals surface area contributed by atoms with Crippen LogP contribution in [-0.2, 0) is 0 Å². The summed E-state index contributed by atoms with van der Waals surface area (Å²) < 4.78 is 55.8. The maximum absolute atomic E-state index is 14.2. The predicted octanol–water partition coefficient (Wildman–Crippen LogP) is 6.15. The van der Waals surface area contributed by atoms with E-state index in [1.807, 2.05) is 0 Å². The van der Waals surface area contributed by atoms with E-state index in [2.05, 4.69) is 25.3 Å². The van der Waals surface area contributed by atoms with Crippen molar-refractivity contribution in [3.05, 3.63) is 59.4 Å². The lowest BCUT2D eigenvalue weighted by Gasteiger charge is -2.13. The lowest BCUT2D eigenvalue weighted by Crippen LogP contribution is -2.17. The first-order chi connectivity index (χ1) is 14.3. The average molecular weight is 439 g/mol. The fourth-order valence-electron chi connectivity index (χ4n) is 2.73. The third-order valence-corrected chi connectivity index (χ3v) is 4.53. The Morgan fingerprint density at radius 2 is 1.80 bits per heavy atom. The summed E-state index contributed by atoms with van der Waals surface area (Å²) in [6.45, 7) is 0. The molecule has 1 fully saturated rings. The molecule has 30 heavy (non-hydrogen) atoms. The summed E-state index contributed by atoms with van der Waals surface area (Å²) in [5.41, 5.74) is 0.742. The number of para-hydroxylation sites is 1. The largest absolute Gasteiger partial charge is 0.573 e. The van der Waals surface area contributed by atoms with E-state index in [4.69, 9.17) is 11.6 Å². The molecular formula is C20H15ClF4N4O. The number of alkyl halides is 3. The molecule has 1 aromatic heterocycles. The van der Waals surface area contributed by atoms with Gasteiger partial charge < -0.3 is 15.4 Å². The number of aromatic nitrogens is 2. The Labute approximate surface area is 174 Å². The molecule has 3 aromatic rings. The molecule has 2 aromatic carbocycles. The summed E-state index contributed by atoms with van der Waals surface area (Å²) in [6.07, 6.45) is -2.88. The number of ether oxygens (including phenoxy) is 1. The topological polar surface area (TPSA) is 59.1 Å². The molecule has 1 aliphatic carbocycles. The van der Waals surface area contributed by atoms with E-state index in [0.717, 1.165) is 12.8 Å². The Bertz CT molecular complexity index is 1050. The number of anilines is 3. The molecule has 10 heteroatoms. The van der Waals surface area contributed by atoms with Crippen LogP contribution in [0.4, 0.5) is 35.0 Å². The summed E-state index contributed by atoms with van der Waals surface area (Å²) in [5, 5.41) is 6.12. The van der Waals surface area contributed by atoms with Gasteiger partial charge in [0.2, 0.25) is 5.95 Å². The molecule has 0 spiro atoms. The van der Waals surface area contributed by atoms with E-state index in [1.165, 1.54) is 42.5 Å². The van der Waals surface area contributed by atoms with Crippen LogP contribution in [0.15, 0.2) is 48.5 Å². The van der Waals surface area contributed by atoms with Gasteiger partial charge in [-0.2, -0.15) is 4.98 Å². The van der Waals surface area contributed by atoms with Crippen molar-refractivity contribution < 1.29 is 22.3 Å². The number of hydrogen-bond donors (Lipinski definition) is 2. The van der Waals surface area contributed by atoms with E-state index in [1.54, 1.807) is 6.07 Å². The minimum atomic E-state index is -4.81. The third-order valence-electron chi connectivity index (χ3n) is 4.22. The van der Waals surface area contributed by atoms with Crippen molar-refractivity contribution in [3.63, 3.8) is 0 Å². The molecule has 1 heterocycles. The second-order valence-electron chi connectivity index (χ2n) is 6.68. The minimum absolute atomic E-state index is 0.0374. The van der Waals surface area contributed by atoms with Crippen molar-refractivity contribution in [2.75, 3.05) is 10.6 Å². The van der Waals surface area contributed by atoms with Crippen LogP contribution in [0.3, 0.4) is 0 Å². The van der Waals surface area contributed by atoms with Crippen LogP contribution in [0.25, 0.3) is 11.3 Å². The SMILES string of the molecule is Fc1cccc(Cl)c1Nc1cc(-c2cccc(OC(F)(F)F)c2)nc(NC2CC2)n1. The van der Waals surface area contributed by atoms with Gasteiger partial charge in [0.05, 0.1) is 16.4 Å². The first-order valence-corrected chi connectivity index (χ1v) is 9.37. The lowest BCUT2D eigenvalue weighted by molar-refractivity contribution is -0.274. The van der Waals surface area contributed by atoms with Gasteiger partial charge in [-0.25, -0.2) is 9.37 Å². The molecule has 4 rings (SSSR count). The quantitative estimate of drug-likeness (QED) is 0.452. The maximum Gasteiger partial charge on any atom is 0.573 e. The van der Waals surface area contributed by atoms with Gasteiger partial charge in [0.25, 0.3) is 0 Å². The molecule has 1 saturated carbocycles. The van der Waals surface area contributed by atoms with Crippen LogP contribution in [0.5, 0.6) is 5.75 Å². The van der Waals surface area contributed by atoms with Gasteiger partial charge in [-0.05, 0) is 37.1 Å². The standard InChI is InChI=1S/C20H15ClF4N4O/c21-14-5-2-6-15(22)18(14)28-17-10-16(27-19(29-17)26-12-7-8-12)11-3-1-4-13(9-11)30-20(23,24)25/h1-6,9-10,12H,7-8H2,(H2,26,27,28,29). The van der Waals surface area contributed by atoms with Gasteiger partial charge in [-0.3, -0.25) is 0 Å². The van der Waals surface area contributed by atoms with E-state index in [-0.39, 0.29) is 34.3 Å². The van der Waals surface area contributed by atoms with Gasteiger partial charge in [0.15, 0.2) is 0 Å². The van der Waals surface area contributed by atoms with Crippen LogP contribution >= 0.6 is 11.6 Å². The third kappa shape index (κ3) is 5.10. The molecule has 0 atom stereocenters. The molecule has 0 saturated heterocycles. The fraction of sp³-hybridized carbons (Fsp3) is 0.200. The summed E-state index contributed by atoms with van der Waals surface area (Å²) in [4.78, 5) is 8.71. The van der Waals surface area contributed by atoms with Gasteiger partial charge >= 0.3 is 6.36 Å². The zero-order chi connectivity index (χ0) is 21.3. The number of halogens is 5. The highest BCUT2D eigenvalue weighted by molar-refractivity contribution is 6.33. The van der Waals surface area contributed by atoms with Crippen molar-refractivity contribution in [2.24, 2.45) is 0 Å². The number of rotatable bonds is 6. The smallest absolute Gasteiger partial charge is 0.406 e. The molecule has 0 aliphatic heterocycles. The monoisotopic (exact) mass is 438 g/mol. The van der Waals surface area contributed by atoms with Gasteiger partial charge in [-0.1, -0.05) is 29.8 Å². The predicted molar refractivity (Wildman–Crippen MR) is 105 cm³/mol. The van der Waals surface area contributed by atoms with Gasteiger partial charge in [0, 0.05) is 17.7 Å². The molecule has 156 valence electrons. The number of nitrogens with one attached hydrogen (secondary N) is 2. The highest BCUT2D eigenvalue weighted by atomic mass is 35.5. The van der Waals surface area contributed by atoms with Crippen LogP contribution in [0.2, 0.25) is 5.02 Å². The molecule has 0 unspecified atom stereocenters. The molecule has 2 N–H and O–H groups in total. The average Bonchev–Trinajstić information content (AvgIpc) is 3.47. The summed E-state index contributed by atoms with van der Waals surface area (Å²) in [7, 11) is 0. The summed E-state index contributed by atoms with van der Waals surface area (Å²) >= 11 is 6.07. The molecule has 0 bridgehead atoms. The zero-order valence-corrected chi connectivity index (χ0v) is 16.1. The zero-order valence-electron chi connectivity index (χ0n) is 15.3. The minimum Gasteiger partial charge on any atom is -0.406 e. The fourth-order valence-corrected chi connectivity index (χ4v) is 2.94. The van der Waals surface area contributed by atoms with Crippen LogP contribution < -0.4 is 15.4 Å². The van der Waals surface area contributed by atoms with Crippen molar-refractivity contribution in [3.8, 4) is 17.0 Å². The van der Waals surface area contributed by atoms with Gasteiger partial charge in [-0.15, -0.1) is 13.2 Å². The maximum atomic E-state index is 14.2. The second-order valence-corrected chi connectivity index (χ2v) is 7.09. The molecular weight excluding hydrogens is 424 g/mol. The first kappa shape index (κ1) is 20.2. The Morgan fingerprint density at radius 1 is 1.03 bits per heavy atom. The Hall–Kier alpha value is -3.07. The number of hydrogen-bond acceptors (Lipinski definition) is 5. The molecule has 5 nitrogen and oxygen atoms in total. The Balaban J connectivity index is 1.71. The Kier molecular flexibility index (Phi) is 5.38. The highest BCUT2D eigenvalue weighted by Gasteiger charge is 2.31. The first-order valence-electron chi connectivity index (χ1n) is 9.00. The number of nitrogens with zero attached hydrogens (tertiary/aromatic N) is 2. The van der Waals surface area contributed by atoms with E-state index in [9.17, 15) is 17.6 Å². The van der Waals surface area contributed by atoms with E-state index >= 15 is 0 Å². The second kappa shape index (κ2) is 7.98. The normalized spacial score (nSPS) is 13.8. The summed E-state index contributed by atoms with van der Waals surface area (Å²) in [5.74, 6) is -0.439. The van der Waals surface area contributed by atoms with Crippen LogP contribution in [0.1, 0.15) is 12.8 Å². The summed E-state index contributed by atoms with van der Waals surface area (Å²) in [6, 6.07) is 11.4. The van der Waals surface area contributed by atoms with Crippen molar-refractivity contribution >= 4 is 29.1 Å². The molecule has 1 aliphatic rings. The number of benzene rings is 2. The van der Waals surface area contributed by atoms with Crippen molar-refractivity contribution in [1.29, 1.82) is 0 Å². The van der Waals surface area contributed by atoms with E-state index in [0.29, 0.717) is 11.3 Å². The van der Waals surface area contributed by atoms with Gasteiger partial charge in [0.1, 0.15) is 17.4 Å². The van der Waals surface area contributed by atoms with Crippen molar-refractivity contribution in [2.45, 2.75) is 25.2 Å². The lowest BCUT2D eigenvalue weighted by atomic mass is 10.1. The molecule has 0 amide bonds. The van der Waals surface area contributed by atoms with Crippen LogP contribution in [0, 0.1) is 5.82 Å². The van der Waals surface area contributed by atoms with Crippen LogP contribution in [-0.4, -0.2) is 22.4 Å². The Morgan fingerprint density at radius 3 is 2.50 bits per heavy atom. The van der Waals surface area contributed by atoms with Crippen molar-refractivity contribution in [1.82, 2.24) is 9.97 Å². The highest BCUT2D eigenvalue weighted by Crippen LogP contribution is 2.32. The van der Waals surface area contributed by atoms with E-state index < -0.39 is 12.2 Å².